The fraction of sp³-hybridized carbons (Fsp3) is 0.200. The van der Waals surface area contributed by atoms with Crippen molar-refractivity contribution in [2.24, 2.45) is 0 Å². The first-order chi connectivity index (χ1) is 16.5. The average Bonchev–Trinajstić information content (AvgIpc) is 3.51. The zero-order valence-electron chi connectivity index (χ0n) is 19.0. The molecule has 0 aliphatic carbocycles. The molecule has 0 aliphatic heterocycles. The van der Waals surface area contributed by atoms with Crippen LogP contribution in [0.3, 0.4) is 0 Å². The number of carbonyl (C=O) groups is 2. The normalized spacial score (nSPS) is 11.6. The van der Waals surface area contributed by atoms with Gasteiger partial charge in [0.25, 0.3) is 0 Å². The molecule has 4 aromatic rings. The van der Waals surface area contributed by atoms with Gasteiger partial charge in [0, 0.05) is 29.6 Å². The van der Waals surface area contributed by atoms with E-state index in [0.29, 0.717) is 28.6 Å². The molecule has 2 heterocycles. The lowest BCUT2D eigenvalue weighted by molar-refractivity contribution is 0.0607. The summed E-state index contributed by atoms with van der Waals surface area (Å²) in [4.78, 5) is 28.3. The number of esters is 1. The minimum atomic E-state index is -0.493. The summed E-state index contributed by atoms with van der Waals surface area (Å²) in [7, 11) is 4.49. The molecule has 0 aliphatic rings. The number of aromatic nitrogens is 1. The topological polar surface area (TPSA) is 102 Å². The number of thiophene rings is 1. The number of nitrogens with one attached hydrogen (secondary N) is 3. The van der Waals surface area contributed by atoms with Crippen molar-refractivity contribution in [1.82, 2.24) is 10.3 Å². The lowest BCUT2D eigenvalue weighted by atomic mass is 9.90. The van der Waals surface area contributed by atoms with Gasteiger partial charge in [-0.3, -0.25) is 0 Å². The Hall–Kier alpha value is -3.98. The van der Waals surface area contributed by atoms with E-state index in [1.54, 1.807) is 25.7 Å². The lowest BCUT2D eigenvalue weighted by Crippen LogP contribution is -2.33. The molecular formula is C25H25N3O5S. The number of benzene rings is 2. The van der Waals surface area contributed by atoms with Crippen molar-refractivity contribution < 1.29 is 23.8 Å². The summed E-state index contributed by atoms with van der Waals surface area (Å²) in [6.07, 6.45) is 1.96. The van der Waals surface area contributed by atoms with E-state index in [0.717, 1.165) is 22.0 Å². The van der Waals surface area contributed by atoms with E-state index in [9.17, 15) is 9.59 Å². The maximum atomic E-state index is 12.7. The van der Waals surface area contributed by atoms with E-state index in [4.69, 9.17) is 14.2 Å². The van der Waals surface area contributed by atoms with Crippen molar-refractivity contribution in [2.75, 3.05) is 33.2 Å². The molecule has 0 fully saturated rings. The van der Waals surface area contributed by atoms with Gasteiger partial charge in [0.1, 0.15) is 4.88 Å². The predicted octanol–water partition coefficient (Wildman–Crippen LogP) is 4.99. The SMILES string of the molecule is COC(=O)c1sccc1NC(=O)NCC(c1ccc(OC)c(OC)c1)c1c[nH]c2ccccc12. The molecular weight excluding hydrogens is 454 g/mol. The van der Waals surface area contributed by atoms with Crippen LogP contribution in [0.15, 0.2) is 60.1 Å². The number of anilines is 1. The van der Waals surface area contributed by atoms with Gasteiger partial charge in [-0.2, -0.15) is 0 Å². The molecule has 8 nitrogen and oxygen atoms in total. The molecule has 0 bridgehead atoms. The highest BCUT2D eigenvalue weighted by atomic mass is 32.1. The van der Waals surface area contributed by atoms with E-state index in [2.05, 4.69) is 15.6 Å². The monoisotopic (exact) mass is 479 g/mol. The first-order valence-electron chi connectivity index (χ1n) is 10.5. The molecule has 3 N–H and O–H groups in total. The predicted molar refractivity (Wildman–Crippen MR) is 132 cm³/mol. The molecule has 0 saturated carbocycles. The van der Waals surface area contributed by atoms with Crippen molar-refractivity contribution in [3.05, 3.63) is 76.1 Å². The summed E-state index contributed by atoms with van der Waals surface area (Å²) in [5.41, 5.74) is 3.40. The molecule has 2 amide bonds. The Labute approximate surface area is 200 Å². The number of hydrogen-bond donors (Lipinski definition) is 3. The summed E-state index contributed by atoms with van der Waals surface area (Å²) >= 11 is 1.21. The Morgan fingerprint density at radius 1 is 1.03 bits per heavy atom. The number of fused-ring (bicyclic) bond motifs is 1. The number of rotatable bonds is 8. The first-order valence-corrected chi connectivity index (χ1v) is 11.4. The van der Waals surface area contributed by atoms with Gasteiger partial charge in [0.05, 0.1) is 27.0 Å². The van der Waals surface area contributed by atoms with Crippen molar-refractivity contribution >= 4 is 39.9 Å². The first kappa shape index (κ1) is 23.2. The Morgan fingerprint density at radius 2 is 1.82 bits per heavy atom. The number of H-pyrrole nitrogens is 1. The van der Waals surface area contributed by atoms with Crippen molar-refractivity contribution in [2.45, 2.75) is 5.92 Å². The smallest absolute Gasteiger partial charge is 0.350 e. The van der Waals surface area contributed by atoms with Crippen LogP contribution in [0.4, 0.5) is 10.5 Å². The van der Waals surface area contributed by atoms with E-state index < -0.39 is 12.0 Å². The van der Waals surface area contributed by atoms with E-state index in [-0.39, 0.29) is 5.92 Å². The second kappa shape index (κ2) is 10.3. The van der Waals surface area contributed by atoms with Gasteiger partial charge >= 0.3 is 12.0 Å². The molecule has 1 atom stereocenters. The van der Waals surface area contributed by atoms with Crippen LogP contribution < -0.4 is 20.1 Å². The summed E-state index contributed by atoms with van der Waals surface area (Å²) in [5, 5.41) is 8.47. The van der Waals surface area contributed by atoms with Gasteiger partial charge in [-0.1, -0.05) is 24.3 Å². The van der Waals surface area contributed by atoms with E-state index >= 15 is 0 Å². The third kappa shape index (κ3) is 4.69. The summed E-state index contributed by atoms with van der Waals surface area (Å²) in [6, 6.07) is 15.0. The van der Waals surface area contributed by atoms with Gasteiger partial charge in [-0.05, 0) is 40.8 Å². The van der Waals surface area contributed by atoms with Gasteiger partial charge in [-0.15, -0.1) is 11.3 Å². The van der Waals surface area contributed by atoms with Crippen LogP contribution >= 0.6 is 11.3 Å². The summed E-state index contributed by atoms with van der Waals surface area (Å²) in [5.74, 6) is 0.564. The second-order valence-electron chi connectivity index (χ2n) is 7.45. The molecule has 176 valence electrons. The fourth-order valence-corrected chi connectivity index (χ4v) is 4.64. The minimum Gasteiger partial charge on any atom is -0.493 e. The van der Waals surface area contributed by atoms with Gasteiger partial charge in [-0.25, -0.2) is 9.59 Å². The number of para-hydroxylation sites is 1. The van der Waals surface area contributed by atoms with E-state index in [1.165, 1.54) is 18.4 Å². The molecule has 0 radical (unpaired) electrons. The van der Waals surface area contributed by atoms with Crippen molar-refractivity contribution in [3.8, 4) is 11.5 Å². The van der Waals surface area contributed by atoms with Crippen LogP contribution in [0.1, 0.15) is 26.7 Å². The van der Waals surface area contributed by atoms with Gasteiger partial charge in [0.15, 0.2) is 11.5 Å². The quantitative estimate of drug-likeness (QED) is 0.309. The third-order valence-electron chi connectivity index (χ3n) is 5.56. The number of hydrogen-bond acceptors (Lipinski definition) is 6. The standard InChI is InChI=1S/C25H25N3O5S/c1-31-21-9-8-15(12-22(21)32-2)17(18-14-26-19-7-5-4-6-16(18)19)13-27-25(30)28-20-10-11-34-23(20)24(29)33-3/h4-12,14,17,26H,13H2,1-3H3,(H2,27,28,30). The summed E-state index contributed by atoms with van der Waals surface area (Å²) in [6.45, 7) is 0.306. The van der Waals surface area contributed by atoms with Crippen LogP contribution in [-0.2, 0) is 4.74 Å². The highest BCUT2D eigenvalue weighted by Crippen LogP contribution is 2.35. The number of urea groups is 1. The number of amides is 2. The minimum absolute atomic E-state index is 0.177. The molecule has 0 saturated heterocycles. The zero-order valence-corrected chi connectivity index (χ0v) is 19.8. The maximum absolute atomic E-state index is 12.7. The van der Waals surface area contributed by atoms with Crippen LogP contribution in [-0.4, -0.2) is 44.9 Å². The van der Waals surface area contributed by atoms with Crippen LogP contribution in [0, 0.1) is 0 Å². The largest absolute Gasteiger partial charge is 0.493 e. The lowest BCUT2D eigenvalue weighted by Gasteiger charge is -2.20. The Bertz CT molecular complexity index is 1310. The Morgan fingerprint density at radius 3 is 2.59 bits per heavy atom. The molecule has 34 heavy (non-hydrogen) atoms. The highest BCUT2D eigenvalue weighted by molar-refractivity contribution is 7.12. The van der Waals surface area contributed by atoms with Gasteiger partial charge in [0.2, 0.25) is 0 Å². The third-order valence-corrected chi connectivity index (χ3v) is 6.45. The highest BCUT2D eigenvalue weighted by Gasteiger charge is 2.22. The van der Waals surface area contributed by atoms with Crippen molar-refractivity contribution in [3.63, 3.8) is 0 Å². The molecule has 9 heteroatoms. The number of methoxy groups -OCH3 is 3. The Balaban J connectivity index is 1.61. The van der Waals surface area contributed by atoms with Crippen molar-refractivity contribution in [1.29, 1.82) is 0 Å². The summed E-state index contributed by atoms with van der Waals surface area (Å²) < 4.78 is 15.7. The van der Waals surface area contributed by atoms with Crippen LogP contribution in [0.2, 0.25) is 0 Å². The van der Waals surface area contributed by atoms with E-state index in [1.807, 2.05) is 48.7 Å². The molecule has 4 rings (SSSR count). The maximum Gasteiger partial charge on any atom is 0.350 e. The number of ether oxygens (including phenoxy) is 3. The van der Waals surface area contributed by atoms with Gasteiger partial charge < -0.3 is 29.8 Å². The number of carbonyl (C=O) groups excluding carboxylic acids is 2. The average molecular weight is 480 g/mol. The Kier molecular flexibility index (Phi) is 7.03. The molecule has 0 spiro atoms. The molecule has 2 aromatic heterocycles. The molecule has 2 aromatic carbocycles. The molecule has 1 unspecified atom stereocenters. The van der Waals surface area contributed by atoms with Crippen LogP contribution in [0.5, 0.6) is 11.5 Å². The zero-order chi connectivity index (χ0) is 24.1. The fourth-order valence-electron chi connectivity index (χ4n) is 3.88. The number of aromatic amines is 1. The van der Waals surface area contributed by atoms with Crippen LogP contribution in [0.25, 0.3) is 10.9 Å². The second-order valence-corrected chi connectivity index (χ2v) is 8.36.